The van der Waals surface area contributed by atoms with E-state index in [0.29, 0.717) is 24.3 Å². The minimum absolute atomic E-state index is 0.153. The molecule has 2 aromatic rings. The fraction of sp³-hybridized carbons (Fsp3) is 0.350. The van der Waals surface area contributed by atoms with E-state index in [1.807, 2.05) is 18.2 Å². The molecular formula is C20H25N5O4S. The summed E-state index contributed by atoms with van der Waals surface area (Å²) in [6.07, 6.45) is 6.40. The largest absolute Gasteiger partial charge is 0.336 e. The molecule has 3 amide bonds. The summed E-state index contributed by atoms with van der Waals surface area (Å²) in [6.45, 7) is 0.883. The van der Waals surface area contributed by atoms with Gasteiger partial charge in [-0.25, -0.2) is 13.2 Å². The van der Waals surface area contributed by atoms with Gasteiger partial charge in [0.25, 0.3) is 5.91 Å². The first-order valence-corrected chi connectivity index (χ1v) is 11.5. The van der Waals surface area contributed by atoms with Crippen molar-refractivity contribution in [3.05, 3.63) is 54.4 Å². The van der Waals surface area contributed by atoms with Crippen LogP contribution in [0, 0.1) is 0 Å². The molecule has 3 N–H and O–H groups in total. The molecular weight excluding hydrogens is 406 g/mol. The number of urea groups is 1. The Kier molecular flexibility index (Phi) is 6.88. The molecule has 2 heterocycles. The van der Waals surface area contributed by atoms with Gasteiger partial charge in [0.2, 0.25) is 10.0 Å². The quantitative estimate of drug-likeness (QED) is 0.648. The first kappa shape index (κ1) is 21.6. The van der Waals surface area contributed by atoms with E-state index >= 15 is 0 Å². The van der Waals surface area contributed by atoms with Crippen molar-refractivity contribution in [1.29, 1.82) is 0 Å². The number of benzene rings is 1. The Bertz CT molecular complexity index is 997. The van der Waals surface area contributed by atoms with Gasteiger partial charge in [0.15, 0.2) is 0 Å². The first-order valence-electron chi connectivity index (χ1n) is 9.65. The highest BCUT2D eigenvalue weighted by molar-refractivity contribution is 7.92. The van der Waals surface area contributed by atoms with Crippen LogP contribution in [0.3, 0.4) is 0 Å². The predicted octanol–water partition coefficient (Wildman–Crippen LogP) is 2.27. The maximum Gasteiger partial charge on any atom is 0.319 e. The summed E-state index contributed by atoms with van der Waals surface area (Å²) < 4.78 is 25.2. The highest BCUT2D eigenvalue weighted by Crippen LogP contribution is 2.20. The maximum atomic E-state index is 13.0. The van der Waals surface area contributed by atoms with Crippen molar-refractivity contribution in [1.82, 2.24) is 15.2 Å². The number of anilines is 2. The molecule has 0 radical (unpaired) electrons. The minimum Gasteiger partial charge on any atom is -0.336 e. The number of pyridine rings is 1. The molecule has 0 spiro atoms. The van der Waals surface area contributed by atoms with E-state index in [1.165, 1.54) is 18.5 Å². The lowest BCUT2D eigenvalue weighted by Crippen LogP contribution is -2.50. The number of para-hydroxylation sites is 1. The van der Waals surface area contributed by atoms with Crippen LogP contribution in [0.2, 0.25) is 0 Å². The lowest BCUT2D eigenvalue weighted by molar-refractivity contribution is 0.0615. The second-order valence-electron chi connectivity index (χ2n) is 7.19. The van der Waals surface area contributed by atoms with Crippen LogP contribution in [-0.4, -0.2) is 55.6 Å². The standard InChI is InChI=1S/C20H25N5O4S/c1-30(28,29)24-17-11-15(12-21-13-17)19(26)25-10-6-5-9-18(25)14-22-20(27)23-16-7-3-2-4-8-16/h2-4,7-8,11-13,18,24H,5-6,9-10,14H2,1H3,(H2,22,23,27). The van der Waals surface area contributed by atoms with Gasteiger partial charge in [-0.3, -0.25) is 14.5 Å². The first-order chi connectivity index (χ1) is 14.3. The molecule has 0 saturated carbocycles. The van der Waals surface area contributed by atoms with Crippen molar-refractivity contribution in [2.75, 3.05) is 29.4 Å². The van der Waals surface area contributed by atoms with Crippen LogP contribution in [0.5, 0.6) is 0 Å². The van der Waals surface area contributed by atoms with E-state index in [-0.39, 0.29) is 23.7 Å². The summed E-state index contributed by atoms with van der Waals surface area (Å²) in [5.74, 6) is -0.241. The Labute approximate surface area is 175 Å². The fourth-order valence-corrected chi connectivity index (χ4v) is 3.92. The van der Waals surface area contributed by atoms with Crippen molar-refractivity contribution in [3.8, 4) is 0 Å². The molecule has 1 aliphatic rings. The number of amides is 3. The molecule has 1 aromatic heterocycles. The average Bonchev–Trinajstić information content (AvgIpc) is 2.72. The molecule has 160 valence electrons. The number of nitrogens with one attached hydrogen (secondary N) is 3. The number of rotatable bonds is 6. The Hall–Kier alpha value is -3.14. The maximum absolute atomic E-state index is 13.0. The zero-order chi connectivity index (χ0) is 21.6. The number of hydrogen-bond donors (Lipinski definition) is 3. The van der Waals surface area contributed by atoms with Crippen LogP contribution in [-0.2, 0) is 10.0 Å². The molecule has 1 fully saturated rings. The second-order valence-corrected chi connectivity index (χ2v) is 8.93. The third-order valence-corrected chi connectivity index (χ3v) is 5.31. The van der Waals surface area contributed by atoms with Crippen molar-refractivity contribution in [2.45, 2.75) is 25.3 Å². The van der Waals surface area contributed by atoms with Crippen LogP contribution in [0.4, 0.5) is 16.2 Å². The van der Waals surface area contributed by atoms with Crippen LogP contribution >= 0.6 is 0 Å². The van der Waals surface area contributed by atoms with Gasteiger partial charge in [-0.15, -0.1) is 0 Å². The number of aromatic nitrogens is 1. The van der Waals surface area contributed by atoms with Gasteiger partial charge in [-0.1, -0.05) is 18.2 Å². The molecule has 1 unspecified atom stereocenters. The molecule has 10 heteroatoms. The molecule has 0 bridgehead atoms. The zero-order valence-electron chi connectivity index (χ0n) is 16.7. The topological polar surface area (TPSA) is 120 Å². The van der Waals surface area contributed by atoms with Gasteiger partial charge in [-0.2, -0.15) is 0 Å². The van der Waals surface area contributed by atoms with Crippen molar-refractivity contribution >= 4 is 33.3 Å². The van der Waals surface area contributed by atoms with Crippen molar-refractivity contribution in [2.24, 2.45) is 0 Å². The number of sulfonamides is 1. The summed E-state index contributed by atoms with van der Waals surface area (Å²) in [4.78, 5) is 30.9. The molecule has 9 nitrogen and oxygen atoms in total. The lowest BCUT2D eigenvalue weighted by Gasteiger charge is -2.36. The van der Waals surface area contributed by atoms with E-state index in [1.54, 1.807) is 17.0 Å². The lowest BCUT2D eigenvalue weighted by atomic mass is 10.0. The zero-order valence-corrected chi connectivity index (χ0v) is 17.5. The number of carbonyl (C=O) groups is 2. The highest BCUT2D eigenvalue weighted by atomic mass is 32.2. The number of hydrogen-bond acceptors (Lipinski definition) is 5. The Morgan fingerprint density at radius 2 is 1.90 bits per heavy atom. The predicted molar refractivity (Wildman–Crippen MR) is 115 cm³/mol. The molecule has 30 heavy (non-hydrogen) atoms. The Balaban J connectivity index is 1.64. The van der Waals surface area contributed by atoms with Gasteiger partial charge in [0.1, 0.15) is 0 Å². The fourth-order valence-electron chi connectivity index (χ4n) is 3.38. The number of carbonyl (C=O) groups excluding carboxylic acids is 2. The van der Waals surface area contributed by atoms with Crippen LogP contribution < -0.4 is 15.4 Å². The molecule has 1 atom stereocenters. The van der Waals surface area contributed by atoms with E-state index in [0.717, 1.165) is 25.5 Å². The number of piperidine rings is 1. The summed E-state index contributed by atoms with van der Waals surface area (Å²) in [5, 5.41) is 5.59. The number of likely N-dealkylation sites (tertiary alicyclic amines) is 1. The van der Waals surface area contributed by atoms with Crippen molar-refractivity contribution in [3.63, 3.8) is 0 Å². The monoisotopic (exact) mass is 431 g/mol. The summed E-state index contributed by atoms with van der Waals surface area (Å²) in [7, 11) is -3.47. The van der Waals surface area contributed by atoms with E-state index in [4.69, 9.17) is 0 Å². The van der Waals surface area contributed by atoms with E-state index in [9.17, 15) is 18.0 Å². The molecule has 1 aliphatic heterocycles. The van der Waals surface area contributed by atoms with Crippen LogP contribution in [0.1, 0.15) is 29.6 Å². The SMILES string of the molecule is CS(=O)(=O)Nc1cncc(C(=O)N2CCCCC2CNC(=O)Nc2ccccc2)c1. The third kappa shape index (κ3) is 6.18. The molecule has 0 aliphatic carbocycles. The van der Waals surface area contributed by atoms with Crippen LogP contribution in [0.25, 0.3) is 0 Å². The van der Waals surface area contributed by atoms with Crippen molar-refractivity contribution < 1.29 is 18.0 Å². The summed E-state index contributed by atoms with van der Waals surface area (Å²) in [5.41, 5.74) is 1.22. The summed E-state index contributed by atoms with van der Waals surface area (Å²) >= 11 is 0. The molecule has 1 aromatic carbocycles. The second kappa shape index (κ2) is 9.57. The molecule has 3 rings (SSSR count). The van der Waals surface area contributed by atoms with E-state index in [2.05, 4.69) is 20.3 Å². The minimum atomic E-state index is -3.47. The smallest absolute Gasteiger partial charge is 0.319 e. The average molecular weight is 432 g/mol. The highest BCUT2D eigenvalue weighted by Gasteiger charge is 2.28. The van der Waals surface area contributed by atoms with Gasteiger partial charge in [0.05, 0.1) is 23.7 Å². The van der Waals surface area contributed by atoms with Gasteiger partial charge in [-0.05, 0) is 37.5 Å². The number of nitrogens with zero attached hydrogens (tertiary/aromatic N) is 2. The summed E-state index contributed by atoms with van der Waals surface area (Å²) in [6, 6.07) is 10.1. The van der Waals surface area contributed by atoms with Gasteiger partial charge in [0, 0.05) is 31.0 Å². The Morgan fingerprint density at radius 3 is 2.63 bits per heavy atom. The van der Waals surface area contributed by atoms with E-state index < -0.39 is 10.0 Å². The normalized spacial score (nSPS) is 16.6. The Morgan fingerprint density at radius 1 is 1.13 bits per heavy atom. The van der Waals surface area contributed by atoms with Gasteiger partial charge < -0.3 is 15.5 Å². The van der Waals surface area contributed by atoms with Crippen LogP contribution in [0.15, 0.2) is 48.8 Å². The third-order valence-electron chi connectivity index (χ3n) is 4.71. The molecule has 1 saturated heterocycles. The van der Waals surface area contributed by atoms with Gasteiger partial charge >= 0.3 is 6.03 Å².